The molecule has 0 spiro atoms. The number of hydrogen-bond donors (Lipinski definition) is 1. The zero-order chi connectivity index (χ0) is 14.9. The molecule has 0 bridgehead atoms. The van der Waals surface area contributed by atoms with Gasteiger partial charge in [0.15, 0.2) is 0 Å². The molecule has 7 heteroatoms. The summed E-state index contributed by atoms with van der Waals surface area (Å²) in [6.45, 7) is 1.49. The summed E-state index contributed by atoms with van der Waals surface area (Å²) in [7, 11) is -4.11. The number of halogens is 3. The van der Waals surface area contributed by atoms with Crippen LogP contribution in [0.15, 0.2) is 41.3 Å². The molecule has 1 N–H and O–H groups in total. The van der Waals surface area contributed by atoms with E-state index in [9.17, 15) is 21.6 Å². The SMILES string of the molecule is Cc1ccc(S(=O)(=O)Nc2cc(F)cc(F)c2)cc1F. The summed E-state index contributed by atoms with van der Waals surface area (Å²) in [6.07, 6.45) is 0. The predicted molar refractivity (Wildman–Crippen MR) is 68.3 cm³/mol. The van der Waals surface area contributed by atoms with Crippen molar-refractivity contribution in [1.29, 1.82) is 0 Å². The van der Waals surface area contributed by atoms with Crippen LogP contribution in [0.5, 0.6) is 0 Å². The van der Waals surface area contributed by atoms with Gasteiger partial charge in [0.05, 0.1) is 10.6 Å². The van der Waals surface area contributed by atoms with E-state index >= 15 is 0 Å². The lowest BCUT2D eigenvalue weighted by Gasteiger charge is -2.09. The summed E-state index contributed by atoms with van der Waals surface area (Å²) in [5, 5.41) is 0. The molecule has 0 unspecified atom stereocenters. The lowest BCUT2D eigenvalue weighted by atomic mass is 10.2. The molecule has 0 aliphatic heterocycles. The summed E-state index contributed by atoms with van der Waals surface area (Å²) in [4.78, 5) is -0.328. The van der Waals surface area contributed by atoms with Gasteiger partial charge >= 0.3 is 0 Å². The molecule has 2 aromatic rings. The summed E-state index contributed by atoms with van der Waals surface area (Å²) < 4.78 is 65.3. The number of rotatable bonds is 3. The second kappa shape index (κ2) is 5.16. The number of anilines is 1. The van der Waals surface area contributed by atoms with Crippen LogP contribution in [0.3, 0.4) is 0 Å². The molecule has 0 saturated carbocycles. The second-order valence-electron chi connectivity index (χ2n) is 4.17. The van der Waals surface area contributed by atoms with Gasteiger partial charge in [-0.1, -0.05) is 6.07 Å². The van der Waals surface area contributed by atoms with Gasteiger partial charge in [-0.25, -0.2) is 21.6 Å². The smallest absolute Gasteiger partial charge is 0.261 e. The fourth-order valence-electron chi connectivity index (χ4n) is 1.57. The van der Waals surface area contributed by atoms with E-state index in [1.165, 1.54) is 19.1 Å². The van der Waals surface area contributed by atoms with Gasteiger partial charge in [0.25, 0.3) is 10.0 Å². The van der Waals surface area contributed by atoms with Crippen LogP contribution in [0.4, 0.5) is 18.9 Å². The Morgan fingerprint density at radius 3 is 2.10 bits per heavy atom. The fraction of sp³-hybridized carbons (Fsp3) is 0.0769. The normalized spacial score (nSPS) is 11.4. The molecular formula is C13H10F3NO2S. The zero-order valence-corrected chi connectivity index (χ0v) is 11.1. The number of aryl methyl sites for hydroxylation is 1. The highest BCUT2D eigenvalue weighted by atomic mass is 32.2. The molecule has 0 saturated heterocycles. The maximum absolute atomic E-state index is 13.4. The molecule has 20 heavy (non-hydrogen) atoms. The quantitative estimate of drug-likeness (QED) is 0.946. The van der Waals surface area contributed by atoms with Crippen molar-refractivity contribution in [3.63, 3.8) is 0 Å². The molecule has 0 aromatic heterocycles. The number of hydrogen-bond acceptors (Lipinski definition) is 2. The van der Waals surface area contributed by atoms with E-state index in [1.807, 2.05) is 4.72 Å². The van der Waals surface area contributed by atoms with E-state index < -0.39 is 27.5 Å². The highest BCUT2D eigenvalue weighted by Crippen LogP contribution is 2.20. The van der Waals surface area contributed by atoms with E-state index in [-0.39, 0.29) is 10.6 Å². The number of benzene rings is 2. The molecule has 0 atom stereocenters. The maximum atomic E-state index is 13.4. The topological polar surface area (TPSA) is 46.2 Å². The molecule has 2 aromatic carbocycles. The summed E-state index contributed by atoms with van der Waals surface area (Å²) in [5.41, 5.74) is 0.0178. The lowest BCUT2D eigenvalue weighted by Crippen LogP contribution is -2.13. The molecule has 106 valence electrons. The van der Waals surface area contributed by atoms with E-state index in [0.29, 0.717) is 11.6 Å². The molecule has 0 aliphatic carbocycles. The summed E-state index contributed by atoms with van der Waals surface area (Å²) >= 11 is 0. The minimum atomic E-state index is -4.11. The van der Waals surface area contributed by atoms with Crippen molar-refractivity contribution in [3.8, 4) is 0 Å². The number of sulfonamides is 1. The summed E-state index contributed by atoms with van der Waals surface area (Å²) in [5.74, 6) is -2.52. The first-order valence-corrected chi connectivity index (χ1v) is 7.01. The minimum Gasteiger partial charge on any atom is -0.279 e. The van der Waals surface area contributed by atoms with E-state index in [0.717, 1.165) is 18.2 Å². The Morgan fingerprint density at radius 2 is 1.55 bits per heavy atom. The van der Waals surface area contributed by atoms with Gasteiger partial charge in [-0.05, 0) is 36.8 Å². The van der Waals surface area contributed by atoms with E-state index in [1.54, 1.807) is 0 Å². The van der Waals surface area contributed by atoms with Crippen LogP contribution < -0.4 is 4.72 Å². The van der Waals surface area contributed by atoms with Crippen molar-refractivity contribution in [1.82, 2.24) is 0 Å². The molecule has 0 aliphatic rings. The van der Waals surface area contributed by atoms with Crippen LogP contribution in [0.1, 0.15) is 5.56 Å². The van der Waals surface area contributed by atoms with Crippen LogP contribution in [-0.4, -0.2) is 8.42 Å². The Morgan fingerprint density at radius 1 is 0.950 bits per heavy atom. The van der Waals surface area contributed by atoms with Crippen molar-refractivity contribution in [3.05, 3.63) is 59.4 Å². The van der Waals surface area contributed by atoms with Gasteiger partial charge in [0.1, 0.15) is 17.5 Å². The van der Waals surface area contributed by atoms with Crippen molar-refractivity contribution in [2.24, 2.45) is 0 Å². The Labute approximate surface area is 114 Å². The van der Waals surface area contributed by atoms with Gasteiger partial charge in [-0.15, -0.1) is 0 Å². The van der Waals surface area contributed by atoms with Crippen LogP contribution in [0.2, 0.25) is 0 Å². The Balaban J connectivity index is 2.37. The van der Waals surface area contributed by atoms with Gasteiger partial charge in [0.2, 0.25) is 0 Å². The lowest BCUT2D eigenvalue weighted by molar-refractivity contribution is 0.583. The third kappa shape index (κ3) is 3.11. The second-order valence-corrected chi connectivity index (χ2v) is 5.86. The molecule has 2 rings (SSSR count). The molecule has 0 amide bonds. The van der Waals surface area contributed by atoms with Crippen LogP contribution in [-0.2, 0) is 10.0 Å². The van der Waals surface area contributed by atoms with Gasteiger partial charge < -0.3 is 0 Å². The monoisotopic (exact) mass is 301 g/mol. The third-order valence-corrected chi connectivity index (χ3v) is 3.95. The molecule has 3 nitrogen and oxygen atoms in total. The average Bonchev–Trinajstić information content (AvgIpc) is 2.30. The molecule has 0 radical (unpaired) electrons. The van der Waals surface area contributed by atoms with Crippen molar-refractivity contribution in [2.45, 2.75) is 11.8 Å². The maximum Gasteiger partial charge on any atom is 0.261 e. The average molecular weight is 301 g/mol. The van der Waals surface area contributed by atoms with Crippen LogP contribution in [0.25, 0.3) is 0 Å². The van der Waals surface area contributed by atoms with Gasteiger partial charge in [-0.3, -0.25) is 4.72 Å². The first-order chi connectivity index (χ1) is 9.28. The van der Waals surface area contributed by atoms with Crippen molar-refractivity contribution < 1.29 is 21.6 Å². The number of nitrogens with one attached hydrogen (secondary N) is 1. The van der Waals surface area contributed by atoms with Gasteiger partial charge in [0, 0.05) is 6.07 Å². The standard InChI is InChI=1S/C13H10F3NO2S/c1-8-2-3-12(7-13(8)16)20(18,19)17-11-5-9(14)4-10(15)6-11/h2-7,17H,1H3. The Bertz CT molecular complexity index is 740. The molecule has 0 fully saturated rings. The van der Waals surface area contributed by atoms with Crippen LogP contribution >= 0.6 is 0 Å². The van der Waals surface area contributed by atoms with Gasteiger partial charge in [-0.2, -0.15) is 0 Å². The summed E-state index contributed by atoms with van der Waals surface area (Å²) in [6, 6.07) is 5.61. The van der Waals surface area contributed by atoms with E-state index in [2.05, 4.69) is 0 Å². The highest BCUT2D eigenvalue weighted by Gasteiger charge is 2.16. The predicted octanol–water partition coefficient (Wildman–Crippen LogP) is 3.21. The zero-order valence-electron chi connectivity index (χ0n) is 10.3. The van der Waals surface area contributed by atoms with E-state index in [4.69, 9.17) is 0 Å². The largest absolute Gasteiger partial charge is 0.279 e. The van der Waals surface area contributed by atoms with Crippen LogP contribution in [0, 0.1) is 24.4 Å². The Kier molecular flexibility index (Phi) is 3.71. The first-order valence-electron chi connectivity index (χ1n) is 5.53. The van der Waals surface area contributed by atoms with Crippen molar-refractivity contribution in [2.75, 3.05) is 4.72 Å². The molecular weight excluding hydrogens is 291 g/mol. The first kappa shape index (κ1) is 14.4. The third-order valence-electron chi connectivity index (χ3n) is 2.57. The highest BCUT2D eigenvalue weighted by molar-refractivity contribution is 7.92. The fourth-order valence-corrected chi connectivity index (χ4v) is 2.62. The Hall–Kier alpha value is -2.02. The minimum absolute atomic E-state index is 0.275. The van der Waals surface area contributed by atoms with Crippen molar-refractivity contribution >= 4 is 15.7 Å². The molecule has 0 heterocycles.